The van der Waals surface area contributed by atoms with Crippen LogP contribution in [0.4, 0.5) is 5.13 Å². The van der Waals surface area contributed by atoms with Gasteiger partial charge in [0.25, 0.3) is 0 Å². The molecule has 0 spiro atoms. The summed E-state index contributed by atoms with van der Waals surface area (Å²) in [4.78, 5) is 5.52. The number of aromatic nitrogens is 1. The highest BCUT2D eigenvalue weighted by molar-refractivity contribution is 7.15. The average Bonchev–Trinajstić information content (AvgIpc) is 2.68. The van der Waals surface area contributed by atoms with E-state index in [0.717, 1.165) is 12.1 Å². The van der Waals surface area contributed by atoms with Crippen molar-refractivity contribution in [2.75, 3.05) is 5.73 Å². The van der Waals surface area contributed by atoms with Crippen molar-refractivity contribution in [3.63, 3.8) is 0 Å². The smallest absolute Gasteiger partial charge is 0.180 e. The minimum absolute atomic E-state index is 0.656. The highest BCUT2D eigenvalue weighted by Gasteiger charge is 2.06. The lowest BCUT2D eigenvalue weighted by Crippen LogP contribution is -1.88. The molecule has 0 saturated heterocycles. The predicted molar refractivity (Wildman–Crippen MR) is 78.0 cm³/mol. The van der Waals surface area contributed by atoms with Crippen molar-refractivity contribution in [1.82, 2.24) is 4.98 Å². The van der Waals surface area contributed by atoms with Crippen molar-refractivity contribution < 1.29 is 0 Å². The van der Waals surface area contributed by atoms with Crippen LogP contribution < -0.4 is 5.73 Å². The number of hydrogen-bond acceptors (Lipinski definition) is 3. The van der Waals surface area contributed by atoms with E-state index < -0.39 is 0 Å². The van der Waals surface area contributed by atoms with Crippen LogP contribution in [0.1, 0.15) is 16.1 Å². The standard InChI is InChI=1S/C15H14N2S/c1-10-14(18-15(16)17-10)9-11-6-7-12-4-2-3-5-13(12)8-11/h2-8H,9H2,1H3,(H2,16,17). The molecule has 0 radical (unpaired) electrons. The molecule has 0 bridgehead atoms. The summed E-state index contributed by atoms with van der Waals surface area (Å²) in [5, 5.41) is 3.22. The van der Waals surface area contributed by atoms with Gasteiger partial charge in [0.1, 0.15) is 0 Å². The largest absolute Gasteiger partial charge is 0.375 e. The number of nitrogens with two attached hydrogens (primary N) is 1. The topological polar surface area (TPSA) is 38.9 Å². The minimum atomic E-state index is 0.656. The van der Waals surface area contributed by atoms with Gasteiger partial charge in [0.2, 0.25) is 0 Å². The zero-order valence-corrected chi connectivity index (χ0v) is 11.0. The van der Waals surface area contributed by atoms with E-state index in [0.29, 0.717) is 5.13 Å². The Balaban J connectivity index is 1.97. The Hall–Kier alpha value is -1.87. The number of thiazole rings is 1. The summed E-state index contributed by atoms with van der Waals surface area (Å²) in [6.07, 6.45) is 0.908. The number of anilines is 1. The second-order valence-electron chi connectivity index (χ2n) is 4.42. The van der Waals surface area contributed by atoms with Gasteiger partial charge in [0.05, 0.1) is 5.69 Å². The van der Waals surface area contributed by atoms with Crippen molar-refractivity contribution in [2.45, 2.75) is 13.3 Å². The van der Waals surface area contributed by atoms with E-state index in [9.17, 15) is 0 Å². The number of hydrogen-bond donors (Lipinski definition) is 1. The second kappa shape index (κ2) is 4.42. The molecule has 3 heteroatoms. The summed E-state index contributed by atoms with van der Waals surface area (Å²) in [7, 11) is 0. The first-order valence-corrected chi connectivity index (χ1v) is 6.73. The van der Waals surface area contributed by atoms with Gasteiger partial charge in [-0.2, -0.15) is 0 Å². The van der Waals surface area contributed by atoms with Gasteiger partial charge in [-0.25, -0.2) is 4.98 Å². The Morgan fingerprint density at radius 3 is 2.61 bits per heavy atom. The van der Waals surface area contributed by atoms with Crippen LogP contribution in [0.5, 0.6) is 0 Å². The molecule has 0 saturated carbocycles. The first-order chi connectivity index (χ1) is 8.72. The predicted octanol–water partition coefficient (Wildman–Crippen LogP) is 3.78. The van der Waals surface area contributed by atoms with E-state index in [1.54, 1.807) is 11.3 Å². The lowest BCUT2D eigenvalue weighted by molar-refractivity contribution is 1.15. The highest BCUT2D eigenvalue weighted by atomic mass is 32.1. The van der Waals surface area contributed by atoms with Gasteiger partial charge in [-0.3, -0.25) is 0 Å². The molecule has 0 fully saturated rings. The molecule has 0 amide bonds. The molecule has 2 N–H and O–H groups in total. The van der Waals surface area contributed by atoms with Gasteiger partial charge in [-0.1, -0.05) is 42.5 Å². The van der Waals surface area contributed by atoms with Crippen LogP contribution in [0.2, 0.25) is 0 Å². The summed E-state index contributed by atoms with van der Waals surface area (Å²) in [5.74, 6) is 0. The third kappa shape index (κ3) is 2.09. The maximum atomic E-state index is 5.73. The molecule has 3 aromatic rings. The molecule has 1 aromatic heterocycles. The van der Waals surface area contributed by atoms with Crippen molar-refractivity contribution in [1.29, 1.82) is 0 Å². The van der Waals surface area contributed by atoms with Crippen molar-refractivity contribution >= 4 is 27.2 Å². The molecule has 0 aliphatic heterocycles. The lowest BCUT2D eigenvalue weighted by atomic mass is 10.0. The Morgan fingerprint density at radius 1 is 1.11 bits per heavy atom. The summed E-state index contributed by atoms with van der Waals surface area (Å²) in [5.41, 5.74) is 8.08. The third-order valence-corrected chi connectivity index (χ3v) is 4.07. The number of rotatable bonds is 2. The van der Waals surface area contributed by atoms with Crippen LogP contribution in [0.15, 0.2) is 42.5 Å². The Labute approximate surface area is 110 Å². The van der Waals surface area contributed by atoms with Crippen molar-refractivity contribution in [3.8, 4) is 0 Å². The van der Waals surface area contributed by atoms with E-state index in [1.165, 1.54) is 21.2 Å². The van der Waals surface area contributed by atoms with Crippen molar-refractivity contribution in [3.05, 3.63) is 58.6 Å². The maximum absolute atomic E-state index is 5.73. The molecule has 0 atom stereocenters. The van der Waals surface area contributed by atoms with Crippen LogP contribution in [-0.4, -0.2) is 4.98 Å². The normalized spacial score (nSPS) is 10.9. The van der Waals surface area contributed by atoms with E-state index in [4.69, 9.17) is 5.73 Å². The first kappa shape index (κ1) is 11.2. The number of nitrogen functional groups attached to an aromatic ring is 1. The van der Waals surface area contributed by atoms with Gasteiger partial charge < -0.3 is 5.73 Å². The van der Waals surface area contributed by atoms with Crippen LogP contribution in [0, 0.1) is 6.92 Å². The van der Waals surface area contributed by atoms with Gasteiger partial charge in [0.15, 0.2) is 5.13 Å². The highest BCUT2D eigenvalue weighted by Crippen LogP contribution is 2.24. The molecule has 2 nitrogen and oxygen atoms in total. The Morgan fingerprint density at radius 2 is 1.89 bits per heavy atom. The van der Waals surface area contributed by atoms with Gasteiger partial charge in [0, 0.05) is 11.3 Å². The van der Waals surface area contributed by atoms with E-state index >= 15 is 0 Å². The van der Waals surface area contributed by atoms with E-state index in [1.807, 2.05) is 6.92 Å². The summed E-state index contributed by atoms with van der Waals surface area (Å²) >= 11 is 1.58. The summed E-state index contributed by atoms with van der Waals surface area (Å²) in [6, 6.07) is 15.0. The third-order valence-electron chi connectivity index (χ3n) is 3.09. The van der Waals surface area contributed by atoms with E-state index in [2.05, 4.69) is 47.4 Å². The van der Waals surface area contributed by atoms with Crippen LogP contribution in [-0.2, 0) is 6.42 Å². The fraction of sp³-hybridized carbons (Fsp3) is 0.133. The molecule has 1 heterocycles. The monoisotopic (exact) mass is 254 g/mol. The SMILES string of the molecule is Cc1nc(N)sc1Cc1ccc2ccccc2c1. The number of benzene rings is 2. The quantitative estimate of drug-likeness (QED) is 0.756. The van der Waals surface area contributed by atoms with Crippen molar-refractivity contribution in [2.24, 2.45) is 0 Å². The van der Waals surface area contributed by atoms with Gasteiger partial charge in [-0.15, -0.1) is 11.3 Å². The number of aryl methyl sites for hydroxylation is 1. The summed E-state index contributed by atoms with van der Waals surface area (Å²) < 4.78 is 0. The molecule has 90 valence electrons. The Bertz CT molecular complexity index is 701. The zero-order chi connectivity index (χ0) is 12.5. The molecule has 2 aromatic carbocycles. The van der Waals surface area contributed by atoms with Crippen LogP contribution in [0.3, 0.4) is 0 Å². The molecule has 3 rings (SSSR count). The van der Waals surface area contributed by atoms with Gasteiger partial charge >= 0.3 is 0 Å². The first-order valence-electron chi connectivity index (χ1n) is 5.92. The fourth-order valence-electron chi connectivity index (χ4n) is 2.15. The minimum Gasteiger partial charge on any atom is -0.375 e. The zero-order valence-electron chi connectivity index (χ0n) is 10.2. The van der Waals surface area contributed by atoms with Crippen LogP contribution >= 0.6 is 11.3 Å². The van der Waals surface area contributed by atoms with Crippen LogP contribution in [0.25, 0.3) is 10.8 Å². The number of fused-ring (bicyclic) bond motifs is 1. The average molecular weight is 254 g/mol. The second-order valence-corrected chi connectivity index (χ2v) is 5.53. The van der Waals surface area contributed by atoms with E-state index in [-0.39, 0.29) is 0 Å². The van der Waals surface area contributed by atoms with Gasteiger partial charge in [-0.05, 0) is 23.3 Å². The lowest BCUT2D eigenvalue weighted by Gasteiger charge is -2.03. The molecule has 0 unspecified atom stereocenters. The maximum Gasteiger partial charge on any atom is 0.180 e. The number of nitrogens with zero attached hydrogens (tertiary/aromatic N) is 1. The molecule has 0 aliphatic rings. The molecular weight excluding hydrogens is 240 g/mol. The molecule has 0 aliphatic carbocycles. The Kier molecular flexibility index (Phi) is 2.76. The molecular formula is C15H14N2S. The fourth-order valence-corrected chi connectivity index (χ4v) is 3.02. The molecule has 18 heavy (non-hydrogen) atoms. The summed E-state index contributed by atoms with van der Waals surface area (Å²) in [6.45, 7) is 2.02.